The predicted octanol–water partition coefficient (Wildman–Crippen LogP) is 5.44. The van der Waals surface area contributed by atoms with Gasteiger partial charge < -0.3 is 4.74 Å². The number of aryl methyl sites for hydroxylation is 1. The molecule has 2 atom stereocenters. The number of anilines is 1. The minimum atomic E-state index is -3.88. The lowest BCUT2D eigenvalue weighted by Crippen LogP contribution is -2.43. The Balaban J connectivity index is 1.91. The summed E-state index contributed by atoms with van der Waals surface area (Å²) in [5, 5.41) is 0. The number of para-hydroxylation sites is 1. The summed E-state index contributed by atoms with van der Waals surface area (Å²) < 4.78 is 35.0. The van der Waals surface area contributed by atoms with Crippen LogP contribution in [0.3, 0.4) is 0 Å². The zero-order valence-electron chi connectivity index (χ0n) is 17.6. The summed E-state index contributed by atoms with van der Waals surface area (Å²) in [4.78, 5) is 0.243. The predicted molar refractivity (Wildman–Crippen MR) is 124 cm³/mol. The van der Waals surface area contributed by atoms with Gasteiger partial charge in [0.15, 0.2) is 0 Å². The molecule has 0 radical (unpaired) electrons. The van der Waals surface area contributed by atoms with Gasteiger partial charge in [-0.15, -0.1) is 0 Å². The number of nitrogens with zero attached hydrogens (tertiary/aromatic N) is 1. The van der Waals surface area contributed by atoms with Crippen molar-refractivity contribution in [1.29, 1.82) is 0 Å². The van der Waals surface area contributed by atoms with Crippen LogP contribution in [0.5, 0.6) is 0 Å². The molecule has 1 aliphatic rings. The molecule has 0 heterocycles. The third-order valence-corrected chi connectivity index (χ3v) is 7.41. The van der Waals surface area contributed by atoms with E-state index in [1.165, 1.54) is 4.31 Å². The van der Waals surface area contributed by atoms with Crippen molar-refractivity contribution in [2.75, 3.05) is 11.4 Å². The SMILES string of the molecule is C=C1C(OC)=C[C@H](c2ccccc2)[C@H]1N(c1ccccc1)S(=O)(=O)c1ccc(C)cc1. The molecule has 0 amide bonds. The lowest BCUT2D eigenvalue weighted by atomic mass is 9.93. The highest BCUT2D eigenvalue weighted by molar-refractivity contribution is 7.92. The van der Waals surface area contributed by atoms with Crippen LogP contribution in [0.15, 0.2) is 114 Å². The van der Waals surface area contributed by atoms with Crippen LogP contribution in [0.1, 0.15) is 17.0 Å². The normalized spacial score (nSPS) is 18.5. The summed E-state index contributed by atoms with van der Waals surface area (Å²) in [6.45, 7) is 6.17. The molecule has 0 N–H and O–H groups in total. The largest absolute Gasteiger partial charge is 0.497 e. The van der Waals surface area contributed by atoms with Crippen LogP contribution in [0.25, 0.3) is 0 Å². The zero-order chi connectivity index (χ0) is 22.0. The van der Waals surface area contributed by atoms with E-state index >= 15 is 0 Å². The summed E-state index contributed by atoms with van der Waals surface area (Å²) in [7, 11) is -2.29. The third kappa shape index (κ3) is 3.89. The Bertz CT molecular complexity index is 1200. The summed E-state index contributed by atoms with van der Waals surface area (Å²) in [5.41, 5.74) is 3.22. The van der Waals surface area contributed by atoms with Crippen molar-refractivity contribution in [3.05, 3.63) is 120 Å². The highest BCUT2D eigenvalue weighted by Crippen LogP contribution is 2.43. The molecule has 3 aromatic carbocycles. The van der Waals surface area contributed by atoms with Gasteiger partial charge in [-0.05, 0) is 42.8 Å². The van der Waals surface area contributed by atoms with E-state index in [4.69, 9.17) is 4.74 Å². The van der Waals surface area contributed by atoms with Crippen LogP contribution in [-0.4, -0.2) is 21.6 Å². The Morgan fingerprint density at radius 2 is 1.45 bits per heavy atom. The maximum atomic E-state index is 14.0. The molecule has 0 saturated carbocycles. The Morgan fingerprint density at radius 3 is 2.03 bits per heavy atom. The minimum absolute atomic E-state index is 0.232. The first kappa shape index (κ1) is 20.9. The highest BCUT2D eigenvalue weighted by Gasteiger charge is 2.43. The molecule has 0 spiro atoms. The molecule has 0 bridgehead atoms. The molecule has 31 heavy (non-hydrogen) atoms. The maximum absolute atomic E-state index is 14.0. The van der Waals surface area contributed by atoms with E-state index in [1.807, 2.05) is 85.8 Å². The summed E-state index contributed by atoms with van der Waals surface area (Å²) >= 11 is 0. The van der Waals surface area contributed by atoms with E-state index in [0.29, 0.717) is 17.0 Å². The first-order chi connectivity index (χ1) is 14.9. The zero-order valence-corrected chi connectivity index (χ0v) is 18.4. The smallest absolute Gasteiger partial charge is 0.264 e. The summed E-state index contributed by atoms with van der Waals surface area (Å²) in [6.07, 6.45) is 1.96. The first-order valence-electron chi connectivity index (χ1n) is 10.1. The average Bonchev–Trinajstić information content (AvgIpc) is 3.11. The van der Waals surface area contributed by atoms with E-state index in [-0.39, 0.29) is 10.8 Å². The number of methoxy groups -OCH3 is 1. The highest BCUT2D eigenvalue weighted by atomic mass is 32.2. The number of hydrogen-bond acceptors (Lipinski definition) is 3. The van der Waals surface area contributed by atoms with Crippen molar-refractivity contribution in [1.82, 2.24) is 0 Å². The number of ether oxygens (including phenoxy) is 1. The van der Waals surface area contributed by atoms with Crippen molar-refractivity contribution in [3.8, 4) is 0 Å². The molecule has 4 rings (SSSR count). The quantitative estimate of drug-likeness (QED) is 0.522. The second-order valence-corrected chi connectivity index (χ2v) is 9.41. The van der Waals surface area contributed by atoms with Crippen molar-refractivity contribution < 1.29 is 13.2 Å². The van der Waals surface area contributed by atoms with Gasteiger partial charge in [-0.3, -0.25) is 4.31 Å². The van der Waals surface area contributed by atoms with Crippen LogP contribution >= 0.6 is 0 Å². The molecule has 4 nitrogen and oxygen atoms in total. The van der Waals surface area contributed by atoms with E-state index in [9.17, 15) is 8.42 Å². The van der Waals surface area contributed by atoms with Crippen LogP contribution in [0.2, 0.25) is 0 Å². The van der Waals surface area contributed by atoms with Gasteiger partial charge in [-0.1, -0.05) is 72.8 Å². The monoisotopic (exact) mass is 431 g/mol. The van der Waals surface area contributed by atoms with Gasteiger partial charge in [0, 0.05) is 11.5 Å². The molecule has 3 aromatic rings. The molecular formula is C26H25NO3S. The average molecular weight is 432 g/mol. The maximum Gasteiger partial charge on any atom is 0.264 e. The lowest BCUT2D eigenvalue weighted by molar-refractivity contribution is 0.302. The summed E-state index contributed by atoms with van der Waals surface area (Å²) in [5.74, 6) is 0.378. The summed E-state index contributed by atoms with van der Waals surface area (Å²) in [6, 6.07) is 25.4. The number of benzene rings is 3. The van der Waals surface area contributed by atoms with Crippen molar-refractivity contribution in [3.63, 3.8) is 0 Å². The number of rotatable bonds is 6. The Kier molecular flexibility index (Phi) is 5.70. The van der Waals surface area contributed by atoms with E-state index in [1.54, 1.807) is 19.2 Å². The van der Waals surface area contributed by atoms with Crippen LogP contribution in [0, 0.1) is 6.92 Å². The van der Waals surface area contributed by atoms with Gasteiger partial charge >= 0.3 is 0 Å². The Labute approximate surface area is 184 Å². The molecule has 0 aromatic heterocycles. The van der Waals surface area contributed by atoms with Gasteiger partial charge in [-0.2, -0.15) is 0 Å². The van der Waals surface area contributed by atoms with Gasteiger partial charge in [0.2, 0.25) is 0 Å². The molecule has 0 saturated heterocycles. The van der Waals surface area contributed by atoms with Crippen LogP contribution in [-0.2, 0) is 14.8 Å². The van der Waals surface area contributed by atoms with Crippen LogP contribution < -0.4 is 4.31 Å². The molecule has 0 unspecified atom stereocenters. The van der Waals surface area contributed by atoms with Crippen molar-refractivity contribution in [2.45, 2.75) is 23.8 Å². The van der Waals surface area contributed by atoms with E-state index in [0.717, 1.165) is 11.1 Å². The van der Waals surface area contributed by atoms with Gasteiger partial charge in [0.05, 0.1) is 23.7 Å². The standard InChI is InChI=1S/C26H25NO3S/c1-19-14-16-23(17-15-19)31(28,29)27(22-12-8-5-9-13-22)26-20(2)25(30-3)18-24(26)21-10-6-4-7-11-21/h4-18,24,26H,2H2,1,3H3/t24-,26+/m1/s1. The molecule has 5 heteroatoms. The van der Waals surface area contributed by atoms with Crippen molar-refractivity contribution in [2.24, 2.45) is 0 Å². The Morgan fingerprint density at radius 1 is 0.871 bits per heavy atom. The first-order valence-corrected chi connectivity index (χ1v) is 11.5. The van der Waals surface area contributed by atoms with Gasteiger partial charge in [0.25, 0.3) is 10.0 Å². The second kappa shape index (κ2) is 8.44. The molecule has 1 aliphatic carbocycles. The molecule has 0 fully saturated rings. The number of hydrogen-bond donors (Lipinski definition) is 0. The fourth-order valence-corrected chi connectivity index (χ4v) is 5.68. The fourth-order valence-electron chi connectivity index (χ4n) is 4.01. The lowest BCUT2D eigenvalue weighted by Gasteiger charge is -2.35. The number of sulfonamides is 1. The molecule has 158 valence electrons. The fraction of sp³-hybridized carbons (Fsp3) is 0.154. The van der Waals surface area contributed by atoms with Crippen molar-refractivity contribution >= 4 is 15.7 Å². The topological polar surface area (TPSA) is 46.6 Å². The van der Waals surface area contributed by atoms with Gasteiger partial charge in [0.1, 0.15) is 5.76 Å². The third-order valence-electron chi connectivity index (χ3n) is 5.59. The van der Waals surface area contributed by atoms with E-state index in [2.05, 4.69) is 6.58 Å². The van der Waals surface area contributed by atoms with Gasteiger partial charge in [-0.25, -0.2) is 8.42 Å². The second-order valence-electron chi connectivity index (χ2n) is 7.59. The Hall–Kier alpha value is -3.31. The molecule has 0 aliphatic heterocycles. The van der Waals surface area contributed by atoms with Crippen LogP contribution in [0.4, 0.5) is 5.69 Å². The minimum Gasteiger partial charge on any atom is -0.497 e. The van der Waals surface area contributed by atoms with E-state index < -0.39 is 16.1 Å². The molecular weight excluding hydrogens is 406 g/mol.